The highest BCUT2D eigenvalue weighted by atomic mass is 16.5. The number of benzene rings is 1. The Morgan fingerprint density at radius 3 is 2.44 bits per heavy atom. The Hall–Kier alpha value is -1.39. The third kappa shape index (κ3) is 4.91. The fraction of sp³-hybridized carbons (Fsp3) is 0.696. The highest BCUT2D eigenvalue weighted by molar-refractivity contribution is 5.81. The van der Waals surface area contributed by atoms with E-state index in [-0.39, 0.29) is 12.0 Å². The third-order valence-electron chi connectivity index (χ3n) is 6.81. The average molecular weight is 371 g/mol. The molecule has 2 heterocycles. The number of hydrogen-bond donors (Lipinski definition) is 1. The topological polar surface area (TPSA) is 41.6 Å². The molecule has 148 valence electrons. The summed E-state index contributed by atoms with van der Waals surface area (Å²) in [5.74, 6) is 1.61. The number of nitrogens with zero attached hydrogens (tertiary/aromatic N) is 1. The first-order chi connectivity index (χ1) is 13.3. The molecule has 1 aromatic carbocycles. The van der Waals surface area contributed by atoms with Gasteiger partial charge in [-0.3, -0.25) is 4.79 Å². The highest BCUT2D eigenvalue weighted by Crippen LogP contribution is 2.38. The minimum absolute atomic E-state index is 0.110. The fourth-order valence-electron chi connectivity index (χ4n) is 5.20. The second kappa shape index (κ2) is 9.20. The average Bonchev–Trinajstić information content (AvgIpc) is 3.42. The minimum atomic E-state index is -0.201. The molecule has 4 heteroatoms. The molecule has 0 unspecified atom stereocenters. The lowest BCUT2D eigenvalue weighted by atomic mass is 9.84. The number of ether oxygens (including phenoxy) is 1. The Bertz CT molecular complexity index is 586. The van der Waals surface area contributed by atoms with Crippen molar-refractivity contribution in [1.82, 2.24) is 10.2 Å². The highest BCUT2D eigenvalue weighted by Gasteiger charge is 2.31. The first-order valence-electron chi connectivity index (χ1n) is 11.0. The van der Waals surface area contributed by atoms with Crippen LogP contribution < -0.4 is 5.32 Å². The zero-order chi connectivity index (χ0) is 18.5. The summed E-state index contributed by atoms with van der Waals surface area (Å²) in [6, 6.07) is 11.4. The van der Waals surface area contributed by atoms with Crippen LogP contribution in [-0.2, 0) is 9.53 Å². The van der Waals surface area contributed by atoms with E-state index in [9.17, 15) is 4.79 Å². The second-order valence-corrected chi connectivity index (χ2v) is 8.65. The molecule has 1 saturated carbocycles. The Morgan fingerprint density at radius 2 is 1.78 bits per heavy atom. The lowest BCUT2D eigenvalue weighted by molar-refractivity contribution is -0.131. The first kappa shape index (κ1) is 18.9. The van der Waals surface area contributed by atoms with Gasteiger partial charge >= 0.3 is 0 Å². The smallest absolute Gasteiger partial charge is 0.249 e. The van der Waals surface area contributed by atoms with Crippen LogP contribution in [0.3, 0.4) is 0 Å². The van der Waals surface area contributed by atoms with Gasteiger partial charge < -0.3 is 15.0 Å². The molecule has 4 nitrogen and oxygen atoms in total. The quantitative estimate of drug-likeness (QED) is 0.830. The van der Waals surface area contributed by atoms with Gasteiger partial charge in [0, 0.05) is 32.3 Å². The molecule has 3 aliphatic rings. The molecular weight excluding hydrogens is 336 g/mol. The van der Waals surface area contributed by atoms with E-state index >= 15 is 0 Å². The van der Waals surface area contributed by atoms with Crippen LogP contribution in [0.1, 0.15) is 62.8 Å². The van der Waals surface area contributed by atoms with E-state index in [1.807, 2.05) is 0 Å². The van der Waals surface area contributed by atoms with Crippen LogP contribution in [0, 0.1) is 5.92 Å². The molecule has 0 bridgehead atoms. The number of amides is 1. The number of hydrogen-bond acceptors (Lipinski definition) is 3. The maximum absolute atomic E-state index is 12.3. The van der Waals surface area contributed by atoms with E-state index in [0.717, 1.165) is 51.3 Å². The van der Waals surface area contributed by atoms with E-state index in [4.69, 9.17) is 4.74 Å². The number of nitrogens with one attached hydrogen (secondary N) is 1. The summed E-state index contributed by atoms with van der Waals surface area (Å²) in [6.07, 6.45) is 9.36. The minimum Gasteiger partial charge on any atom is -0.368 e. The second-order valence-electron chi connectivity index (χ2n) is 8.65. The number of carbonyl (C=O) groups excluding carboxylic acids is 1. The zero-order valence-corrected chi connectivity index (χ0v) is 16.4. The molecule has 27 heavy (non-hydrogen) atoms. The summed E-state index contributed by atoms with van der Waals surface area (Å²) in [6.45, 7) is 4.08. The summed E-state index contributed by atoms with van der Waals surface area (Å²) in [5.41, 5.74) is 1.51. The fourth-order valence-corrected chi connectivity index (χ4v) is 5.20. The largest absolute Gasteiger partial charge is 0.368 e. The number of carbonyl (C=O) groups is 1. The third-order valence-corrected chi connectivity index (χ3v) is 6.81. The van der Waals surface area contributed by atoms with Crippen LogP contribution in [0.15, 0.2) is 30.3 Å². The van der Waals surface area contributed by atoms with E-state index in [2.05, 4.69) is 40.5 Å². The van der Waals surface area contributed by atoms with Gasteiger partial charge in [-0.15, -0.1) is 0 Å². The van der Waals surface area contributed by atoms with Crippen molar-refractivity contribution < 1.29 is 9.53 Å². The van der Waals surface area contributed by atoms with Crippen molar-refractivity contribution in [2.75, 3.05) is 26.2 Å². The van der Waals surface area contributed by atoms with Gasteiger partial charge in [0.25, 0.3) is 0 Å². The van der Waals surface area contributed by atoms with Crippen LogP contribution in [0.5, 0.6) is 0 Å². The molecule has 2 atom stereocenters. The molecule has 1 amide bonds. The first-order valence-corrected chi connectivity index (χ1v) is 11.0. The standard InChI is InChI=1S/C23H34N2O2/c26-23(22-11-6-16-27-22)24-20-12-14-25(15-13-20)17-21(19-9-4-5-10-19)18-7-2-1-3-8-18/h1-3,7-8,19-22H,4-6,9-17H2,(H,24,26)/t21-,22-/m1/s1. The van der Waals surface area contributed by atoms with Crippen molar-refractivity contribution in [3.63, 3.8) is 0 Å². The monoisotopic (exact) mass is 370 g/mol. The van der Waals surface area contributed by atoms with Crippen molar-refractivity contribution in [1.29, 1.82) is 0 Å². The molecule has 0 aromatic heterocycles. The number of piperidine rings is 1. The van der Waals surface area contributed by atoms with Crippen molar-refractivity contribution in [2.45, 2.75) is 69.4 Å². The van der Waals surface area contributed by atoms with E-state index < -0.39 is 0 Å². The van der Waals surface area contributed by atoms with Crippen molar-refractivity contribution in [2.24, 2.45) is 5.92 Å². The van der Waals surface area contributed by atoms with Crippen LogP contribution in [0.2, 0.25) is 0 Å². The van der Waals surface area contributed by atoms with Gasteiger partial charge in [0.05, 0.1) is 0 Å². The molecule has 0 spiro atoms. The summed E-state index contributed by atoms with van der Waals surface area (Å²) >= 11 is 0. The summed E-state index contributed by atoms with van der Waals surface area (Å²) in [4.78, 5) is 14.9. The predicted octanol–water partition coefficient (Wildman–Crippen LogP) is 3.72. The lowest BCUT2D eigenvalue weighted by Crippen LogP contribution is -2.48. The van der Waals surface area contributed by atoms with Gasteiger partial charge in [-0.2, -0.15) is 0 Å². The Kier molecular flexibility index (Phi) is 6.46. The van der Waals surface area contributed by atoms with Crippen LogP contribution in [0.4, 0.5) is 0 Å². The molecule has 1 aromatic rings. The van der Waals surface area contributed by atoms with Gasteiger partial charge in [0.2, 0.25) is 5.91 Å². The van der Waals surface area contributed by atoms with E-state index in [0.29, 0.717) is 12.0 Å². The molecule has 1 aliphatic carbocycles. The van der Waals surface area contributed by atoms with Crippen molar-refractivity contribution in [3.05, 3.63) is 35.9 Å². The van der Waals surface area contributed by atoms with E-state index in [1.165, 1.54) is 37.8 Å². The molecule has 4 rings (SSSR count). The summed E-state index contributed by atoms with van der Waals surface area (Å²) in [5, 5.41) is 3.23. The van der Waals surface area contributed by atoms with Gasteiger partial charge in [0.15, 0.2) is 0 Å². The molecule has 2 saturated heterocycles. The van der Waals surface area contributed by atoms with Crippen molar-refractivity contribution in [3.8, 4) is 0 Å². The van der Waals surface area contributed by atoms with Crippen LogP contribution in [-0.4, -0.2) is 49.2 Å². The molecule has 1 N–H and O–H groups in total. The lowest BCUT2D eigenvalue weighted by Gasteiger charge is -2.36. The van der Waals surface area contributed by atoms with Gasteiger partial charge in [-0.1, -0.05) is 43.2 Å². The normalized spacial score (nSPS) is 26.3. The predicted molar refractivity (Wildman–Crippen MR) is 108 cm³/mol. The Balaban J connectivity index is 1.29. The zero-order valence-electron chi connectivity index (χ0n) is 16.4. The van der Waals surface area contributed by atoms with E-state index in [1.54, 1.807) is 0 Å². The van der Waals surface area contributed by atoms with Crippen molar-refractivity contribution >= 4 is 5.91 Å². The maximum atomic E-state index is 12.3. The molecule has 3 fully saturated rings. The molecular formula is C23H34N2O2. The number of likely N-dealkylation sites (tertiary alicyclic amines) is 1. The maximum Gasteiger partial charge on any atom is 0.249 e. The summed E-state index contributed by atoms with van der Waals surface area (Å²) < 4.78 is 5.51. The number of rotatable bonds is 6. The van der Waals surface area contributed by atoms with Crippen LogP contribution >= 0.6 is 0 Å². The molecule has 0 radical (unpaired) electrons. The summed E-state index contributed by atoms with van der Waals surface area (Å²) in [7, 11) is 0. The molecule has 2 aliphatic heterocycles. The Labute approximate surface area is 163 Å². The van der Waals surface area contributed by atoms with Gasteiger partial charge in [-0.25, -0.2) is 0 Å². The van der Waals surface area contributed by atoms with Crippen LogP contribution in [0.25, 0.3) is 0 Å². The SMILES string of the molecule is O=C(NC1CCN(C[C@H](c2ccccc2)C2CCCC2)CC1)[C@H]1CCCO1. The van der Waals surface area contributed by atoms with Gasteiger partial charge in [0.1, 0.15) is 6.10 Å². The Morgan fingerprint density at radius 1 is 1.04 bits per heavy atom. The van der Waals surface area contributed by atoms with Gasteiger partial charge in [-0.05, 0) is 55.9 Å².